The highest BCUT2D eigenvalue weighted by atomic mass is 19.3. The standard InChI is InChI=1S/C22H34F2NO3/c1-7-21(3,4)18-15-17(28-20(23)24)11-12-19(18)27-14-10-9-13-25(16-26)22(5,6)8-2/h11-12,15,20H,7-10,13-14H2,1-6H3. The molecule has 0 saturated heterocycles. The number of ether oxygens (including phenoxy) is 2. The number of rotatable bonds is 13. The van der Waals surface area contributed by atoms with Gasteiger partial charge in [0.1, 0.15) is 11.5 Å². The summed E-state index contributed by atoms with van der Waals surface area (Å²) in [5.41, 5.74) is 0.412. The van der Waals surface area contributed by atoms with Gasteiger partial charge >= 0.3 is 13.0 Å². The third kappa shape index (κ3) is 6.95. The SMILES string of the molecule is CCC(C)(C)c1cc(OC(F)F)ccc1OCCCCN([C]=O)C(C)(C)CC. The minimum atomic E-state index is -2.85. The number of nitrogens with zero attached hydrogens (tertiary/aromatic N) is 1. The third-order valence-corrected chi connectivity index (χ3v) is 5.53. The molecule has 1 rings (SSSR count). The minimum absolute atomic E-state index is 0.137. The van der Waals surface area contributed by atoms with Crippen LogP contribution in [0.25, 0.3) is 0 Å². The Morgan fingerprint density at radius 1 is 1.11 bits per heavy atom. The normalized spacial score (nSPS) is 12.2. The molecule has 0 atom stereocenters. The Kier molecular flexibility index (Phi) is 9.18. The molecule has 0 heterocycles. The van der Waals surface area contributed by atoms with Crippen LogP contribution in [0, 0.1) is 0 Å². The van der Waals surface area contributed by atoms with Crippen molar-refractivity contribution in [2.75, 3.05) is 13.2 Å². The van der Waals surface area contributed by atoms with Crippen LogP contribution in [0.15, 0.2) is 18.2 Å². The van der Waals surface area contributed by atoms with E-state index in [1.165, 1.54) is 6.07 Å². The van der Waals surface area contributed by atoms with Crippen molar-refractivity contribution in [1.29, 1.82) is 0 Å². The molecule has 6 heteroatoms. The predicted octanol–water partition coefficient (Wildman–Crippen LogP) is 5.69. The van der Waals surface area contributed by atoms with Crippen molar-refractivity contribution in [2.45, 2.75) is 84.8 Å². The molecule has 159 valence electrons. The summed E-state index contributed by atoms with van der Waals surface area (Å²) in [6, 6.07) is 4.83. The van der Waals surface area contributed by atoms with Gasteiger partial charge in [-0.05, 0) is 63.1 Å². The van der Waals surface area contributed by atoms with Crippen LogP contribution in [0.3, 0.4) is 0 Å². The lowest BCUT2D eigenvalue weighted by Crippen LogP contribution is -2.43. The number of unbranched alkanes of at least 4 members (excludes halogenated alkanes) is 1. The lowest BCUT2D eigenvalue weighted by Gasteiger charge is -2.34. The van der Waals surface area contributed by atoms with E-state index in [-0.39, 0.29) is 16.7 Å². The molecule has 0 aliphatic heterocycles. The van der Waals surface area contributed by atoms with E-state index in [1.54, 1.807) is 17.0 Å². The Bertz CT molecular complexity index is 618. The number of halogens is 2. The molecule has 28 heavy (non-hydrogen) atoms. The number of amides is 1. The highest BCUT2D eigenvalue weighted by molar-refractivity contribution is 5.49. The Labute approximate surface area is 168 Å². The highest BCUT2D eigenvalue weighted by Gasteiger charge is 2.25. The third-order valence-electron chi connectivity index (χ3n) is 5.53. The Balaban J connectivity index is 2.72. The second-order valence-corrected chi connectivity index (χ2v) is 8.24. The number of hydrogen-bond donors (Lipinski definition) is 0. The molecule has 1 amide bonds. The zero-order valence-electron chi connectivity index (χ0n) is 18.0. The summed E-state index contributed by atoms with van der Waals surface area (Å²) in [4.78, 5) is 12.9. The molecule has 0 unspecified atom stereocenters. The van der Waals surface area contributed by atoms with Crippen molar-refractivity contribution in [3.05, 3.63) is 23.8 Å². The van der Waals surface area contributed by atoms with Gasteiger partial charge < -0.3 is 14.4 Å². The smallest absolute Gasteiger partial charge is 0.387 e. The summed E-state index contributed by atoms with van der Waals surface area (Å²) in [6.45, 7) is 10.5. The average molecular weight is 399 g/mol. The average Bonchev–Trinajstić information content (AvgIpc) is 2.64. The van der Waals surface area contributed by atoms with Gasteiger partial charge in [0.05, 0.1) is 6.61 Å². The molecule has 0 aromatic heterocycles. The van der Waals surface area contributed by atoms with Crippen molar-refractivity contribution in [3.63, 3.8) is 0 Å². The van der Waals surface area contributed by atoms with Crippen LogP contribution in [-0.4, -0.2) is 36.6 Å². The molecular weight excluding hydrogens is 364 g/mol. The van der Waals surface area contributed by atoms with Crippen LogP contribution in [0.5, 0.6) is 11.5 Å². The molecule has 4 nitrogen and oxygen atoms in total. The Morgan fingerprint density at radius 3 is 2.32 bits per heavy atom. The fourth-order valence-corrected chi connectivity index (χ4v) is 2.75. The maximum atomic E-state index is 12.5. The topological polar surface area (TPSA) is 38.8 Å². The fraction of sp³-hybridized carbons (Fsp3) is 0.682. The van der Waals surface area contributed by atoms with Crippen LogP contribution in [-0.2, 0) is 10.2 Å². The zero-order chi connectivity index (χ0) is 21.4. The van der Waals surface area contributed by atoms with Gasteiger partial charge in [-0.25, -0.2) is 0 Å². The van der Waals surface area contributed by atoms with Crippen LogP contribution >= 0.6 is 0 Å². The van der Waals surface area contributed by atoms with Crippen molar-refractivity contribution in [2.24, 2.45) is 0 Å². The van der Waals surface area contributed by atoms with Gasteiger partial charge in [-0.1, -0.05) is 27.7 Å². The van der Waals surface area contributed by atoms with Gasteiger partial charge in [-0.15, -0.1) is 0 Å². The monoisotopic (exact) mass is 398 g/mol. The van der Waals surface area contributed by atoms with E-state index in [0.717, 1.165) is 31.2 Å². The Morgan fingerprint density at radius 2 is 1.79 bits per heavy atom. The van der Waals surface area contributed by atoms with E-state index in [1.807, 2.05) is 48.0 Å². The lowest BCUT2D eigenvalue weighted by atomic mass is 9.81. The first-order valence-electron chi connectivity index (χ1n) is 9.95. The van der Waals surface area contributed by atoms with Gasteiger partial charge in [-0.3, -0.25) is 4.79 Å². The first-order chi connectivity index (χ1) is 13.1. The van der Waals surface area contributed by atoms with Crippen LogP contribution in [0.4, 0.5) is 8.78 Å². The summed E-state index contributed by atoms with van der Waals surface area (Å²) >= 11 is 0. The molecule has 0 saturated carbocycles. The van der Waals surface area contributed by atoms with E-state index in [2.05, 4.69) is 4.74 Å². The second kappa shape index (κ2) is 10.6. The highest BCUT2D eigenvalue weighted by Crippen LogP contribution is 2.37. The van der Waals surface area contributed by atoms with Gasteiger partial charge in [0.2, 0.25) is 0 Å². The van der Waals surface area contributed by atoms with E-state index >= 15 is 0 Å². The van der Waals surface area contributed by atoms with Crippen LogP contribution in [0.2, 0.25) is 0 Å². The molecule has 0 aliphatic rings. The number of carbonyl (C=O) groups excluding carboxylic acids is 1. The fourth-order valence-electron chi connectivity index (χ4n) is 2.75. The molecular formula is C22H34F2NO3. The van der Waals surface area contributed by atoms with Gasteiger partial charge in [-0.2, -0.15) is 8.78 Å². The lowest BCUT2D eigenvalue weighted by molar-refractivity contribution is -0.0499. The first kappa shape index (κ1) is 24.2. The van der Waals surface area contributed by atoms with E-state index < -0.39 is 6.61 Å². The van der Waals surface area contributed by atoms with Gasteiger partial charge in [0, 0.05) is 17.6 Å². The summed E-state index contributed by atoms with van der Waals surface area (Å²) < 4.78 is 35.6. The van der Waals surface area contributed by atoms with Crippen molar-refractivity contribution in [1.82, 2.24) is 4.90 Å². The number of benzene rings is 1. The molecule has 0 spiro atoms. The molecule has 0 aliphatic carbocycles. The maximum absolute atomic E-state index is 12.5. The van der Waals surface area contributed by atoms with Gasteiger partial charge in [0.15, 0.2) is 0 Å². The molecule has 0 fully saturated rings. The van der Waals surface area contributed by atoms with E-state index in [0.29, 0.717) is 18.9 Å². The van der Waals surface area contributed by atoms with Crippen LogP contribution in [0.1, 0.15) is 72.8 Å². The predicted molar refractivity (Wildman–Crippen MR) is 108 cm³/mol. The number of hydrogen-bond acceptors (Lipinski definition) is 3. The molecule has 1 radical (unpaired) electrons. The summed E-state index contributed by atoms with van der Waals surface area (Å²) in [7, 11) is 0. The molecule has 0 N–H and O–H groups in total. The first-order valence-corrected chi connectivity index (χ1v) is 9.95. The second-order valence-electron chi connectivity index (χ2n) is 8.24. The molecule has 1 aromatic rings. The Hall–Kier alpha value is -1.85. The maximum Gasteiger partial charge on any atom is 0.387 e. The van der Waals surface area contributed by atoms with Crippen molar-refractivity contribution in [3.8, 4) is 11.5 Å². The summed E-state index contributed by atoms with van der Waals surface area (Å²) in [5.74, 6) is 0.819. The van der Waals surface area contributed by atoms with E-state index in [9.17, 15) is 13.6 Å². The zero-order valence-corrected chi connectivity index (χ0v) is 18.0. The van der Waals surface area contributed by atoms with Crippen LogP contribution < -0.4 is 9.47 Å². The van der Waals surface area contributed by atoms with Crippen molar-refractivity contribution < 1.29 is 23.0 Å². The molecule has 1 aromatic carbocycles. The quantitative estimate of drug-likeness (QED) is 0.316. The number of alkyl halides is 2. The van der Waals surface area contributed by atoms with Gasteiger partial charge in [0.25, 0.3) is 0 Å². The summed E-state index contributed by atoms with van der Waals surface area (Å²) in [5, 5.41) is 0. The van der Waals surface area contributed by atoms with E-state index in [4.69, 9.17) is 4.74 Å². The minimum Gasteiger partial charge on any atom is -0.493 e. The largest absolute Gasteiger partial charge is 0.493 e. The molecule has 0 bridgehead atoms. The van der Waals surface area contributed by atoms with Crippen molar-refractivity contribution >= 4 is 6.41 Å². The summed E-state index contributed by atoms with van der Waals surface area (Å²) in [6.07, 6.45) is 5.30.